The Hall–Kier alpha value is -4.29. The second kappa shape index (κ2) is 13.2. The number of nitrogens with one attached hydrogen (secondary N) is 2. The molecule has 2 aromatic carbocycles. The molecule has 1 unspecified atom stereocenters. The number of tetrazole rings is 1. The summed E-state index contributed by atoms with van der Waals surface area (Å²) in [7, 11) is 0. The van der Waals surface area contributed by atoms with Crippen LogP contribution in [0.25, 0.3) is 0 Å². The third-order valence-electron chi connectivity index (χ3n) is 9.58. The molecule has 0 saturated heterocycles. The minimum absolute atomic E-state index is 0.125. The normalized spacial score (nSPS) is 20.9. The van der Waals surface area contributed by atoms with Crippen molar-refractivity contribution in [1.29, 1.82) is 0 Å². The lowest BCUT2D eigenvalue weighted by atomic mass is 9.67. The van der Waals surface area contributed by atoms with Gasteiger partial charge in [0, 0.05) is 11.1 Å². The van der Waals surface area contributed by atoms with Gasteiger partial charge in [-0.05, 0) is 85.4 Å². The topological polar surface area (TPSA) is 125 Å². The van der Waals surface area contributed by atoms with Crippen molar-refractivity contribution in [3.8, 4) is 5.75 Å². The van der Waals surface area contributed by atoms with Crippen molar-refractivity contribution in [3.63, 3.8) is 0 Å². The van der Waals surface area contributed by atoms with Crippen LogP contribution in [0.1, 0.15) is 106 Å². The minimum atomic E-state index is -4.81. The molecule has 1 saturated carbocycles. The molecule has 246 valence electrons. The fraction of sp³-hybridized carbons (Fsp3) is 0.515. The number of ether oxygens (including phenoxy) is 1. The standard InChI is InChI=1S/C33H40F3N7O3/c1-5-7-26(21-8-10-23(11-9-21)29(44)37-20-27-39-41-42-40-27)43-30(45)28(22-12-14-25(15-13-22)46-33(34,35)36)38-32(43)18-16-24(17-19-32)31(3,4)6-2/h8-15,24,26H,5-7,16-20H2,1-4H3,(H,37,44)(H,39,40,41,42). The van der Waals surface area contributed by atoms with Crippen LogP contribution in [0.4, 0.5) is 13.2 Å². The summed E-state index contributed by atoms with van der Waals surface area (Å²) in [5.74, 6) is -0.0637. The number of aromatic amines is 1. The van der Waals surface area contributed by atoms with Crippen LogP contribution < -0.4 is 10.1 Å². The van der Waals surface area contributed by atoms with E-state index >= 15 is 0 Å². The van der Waals surface area contributed by atoms with Crippen molar-refractivity contribution in [1.82, 2.24) is 30.8 Å². The van der Waals surface area contributed by atoms with Crippen molar-refractivity contribution >= 4 is 17.5 Å². The number of carbonyl (C=O) groups is 2. The smallest absolute Gasteiger partial charge is 0.406 e. The third-order valence-corrected chi connectivity index (χ3v) is 9.58. The zero-order chi connectivity index (χ0) is 33.1. The monoisotopic (exact) mass is 639 g/mol. The number of aliphatic imine (C=N–C) groups is 1. The summed E-state index contributed by atoms with van der Waals surface area (Å²) in [6.45, 7) is 8.95. The Labute approximate surface area is 266 Å². The number of rotatable bonds is 11. The first kappa shape index (κ1) is 33.1. The average Bonchev–Trinajstić information content (AvgIpc) is 3.65. The van der Waals surface area contributed by atoms with Crippen LogP contribution in [0.5, 0.6) is 5.75 Å². The van der Waals surface area contributed by atoms with E-state index in [1.165, 1.54) is 24.3 Å². The van der Waals surface area contributed by atoms with Crippen LogP contribution >= 0.6 is 0 Å². The Morgan fingerprint density at radius 2 is 1.76 bits per heavy atom. The summed E-state index contributed by atoms with van der Waals surface area (Å²) in [6, 6.07) is 12.2. The van der Waals surface area contributed by atoms with Gasteiger partial charge in [0.1, 0.15) is 17.1 Å². The van der Waals surface area contributed by atoms with E-state index in [-0.39, 0.29) is 41.3 Å². The number of alkyl halides is 3. The number of nitrogens with zero attached hydrogens (tertiary/aromatic N) is 5. The van der Waals surface area contributed by atoms with Gasteiger partial charge in [0.15, 0.2) is 5.82 Å². The number of hydrogen-bond acceptors (Lipinski definition) is 7. The molecule has 0 bridgehead atoms. The molecule has 1 aliphatic carbocycles. The van der Waals surface area contributed by atoms with E-state index in [1.54, 1.807) is 12.1 Å². The van der Waals surface area contributed by atoms with E-state index in [4.69, 9.17) is 4.99 Å². The molecule has 3 aromatic rings. The number of amides is 2. The van der Waals surface area contributed by atoms with Gasteiger partial charge in [-0.15, -0.1) is 23.4 Å². The average molecular weight is 640 g/mol. The first-order chi connectivity index (χ1) is 21.9. The lowest BCUT2D eigenvalue weighted by Gasteiger charge is -2.48. The first-order valence-electron chi connectivity index (χ1n) is 15.8. The van der Waals surface area contributed by atoms with Crippen molar-refractivity contribution in [2.24, 2.45) is 16.3 Å². The molecule has 46 heavy (non-hydrogen) atoms. The first-order valence-corrected chi connectivity index (χ1v) is 15.8. The van der Waals surface area contributed by atoms with E-state index in [0.29, 0.717) is 42.1 Å². The van der Waals surface area contributed by atoms with Gasteiger partial charge in [-0.1, -0.05) is 57.9 Å². The Morgan fingerprint density at radius 1 is 1.09 bits per heavy atom. The van der Waals surface area contributed by atoms with Crippen molar-refractivity contribution < 1.29 is 27.5 Å². The van der Waals surface area contributed by atoms with Crippen LogP contribution in [0, 0.1) is 11.3 Å². The van der Waals surface area contributed by atoms with Gasteiger partial charge in [-0.25, -0.2) is 0 Å². The zero-order valence-corrected chi connectivity index (χ0v) is 26.5. The van der Waals surface area contributed by atoms with Crippen LogP contribution in [0.3, 0.4) is 0 Å². The summed E-state index contributed by atoms with van der Waals surface area (Å²) >= 11 is 0. The lowest BCUT2D eigenvalue weighted by Crippen LogP contribution is -2.51. The molecule has 10 nitrogen and oxygen atoms in total. The van der Waals surface area contributed by atoms with Gasteiger partial charge in [0.2, 0.25) is 0 Å². The highest BCUT2D eigenvalue weighted by Gasteiger charge is 2.52. The van der Waals surface area contributed by atoms with Crippen molar-refractivity contribution in [2.45, 2.75) is 97.3 Å². The number of halogens is 3. The lowest BCUT2D eigenvalue weighted by molar-refractivity contribution is -0.274. The highest BCUT2D eigenvalue weighted by molar-refractivity contribution is 6.46. The fourth-order valence-corrected chi connectivity index (χ4v) is 6.64. The Morgan fingerprint density at radius 3 is 2.33 bits per heavy atom. The molecule has 1 fully saturated rings. The number of benzene rings is 2. The highest BCUT2D eigenvalue weighted by Crippen LogP contribution is 2.50. The zero-order valence-electron chi connectivity index (χ0n) is 26.5. The highest BCUT2D eigenvalue weighted by atomic mass is 19.4. The Kier molecular flexibility index (Phi) is 9.50. The predicted molar refractivity (Wildman–Crippen MR) is 165 cm³/mol. The van der Waals surface area contributed by atoms with E-state index < -0.39 is 12.0 Å². The summed E-state index contributed by atoms with van der Waals surface area (Å²) < 4.78 is 42.4. The van der Waals surface area contributed by atoms with Gasteiger partial charge < -0.3 is 15.0 Å². The van der Waals surface area contributed by atoms with Gasteiger partial charge in [-0.3, -0.25) is 14.6 Å². The second-order valence-corrected chi connectivity index (χ2v) is 12.7. The molecular formula is C33H40F3N7O3. The maximum Gasteiger partial charge on any atom is 0.573 e. The molecule has 1 aliphatic heterocycles. The Balaban J connectivity index is 1.45. The van der Waals surface area contributed by atoms with E-state index in [1.807, 2.05) is 17.0 Å². The van der Waals surface area contributed by atoms with Crippen LogP contribution in [0.15, 0.2) is 53.5 Å². The molecule has 1 spiro atoms. The molecule has 2 heterocycles. The molecule has 5 rings (SSSR count). The molecule has 2 aliphatic rings. The SMILES string of the molecule is CCCC(c1ccc(C(=O)NCc2nn[nH]n2)cc1)N1C(=O)C(c2ccc(OC(F)(F)F)cc2)=NC12CCC(C(C)(C)CC)CC2. The van der Waals surface area contributed by atoms with E-state index in [9.17, 15) is 22.8 Å². The molecular weight excluding hydrogens is 599 g/mol. The minimum Gasteiger partial charge on any atom is -0.406 e. The van der Waals surface area contributed by atoms with Crippen LogP contribution in [0.2, 0.25) is 0 Å². The Bertz CT molecular complexity index is 1530. The molecule has 13 heteroatoms. The predicted octanol–water partition coefficient (Wildman–Crippen LogP) is 6.52. The van der Waals surface area contributed by atoms with E-state index in [0.717, 1.165) is 31.2 Å². The summed E-state index contributed by atoms with van der Waals surface area (Å²) in [6.07, 6.45) is 0.859. The third kappa shape index (κ3) is 7.07. The van der Waals surface area contributed by atoms with Gasteiger partial charge in [-0.2, -0.15) is 5.21 Å². The number of H-pyrrole nitrogens is 1. The molecule has 0 radical (unpaired) electrons. The maximum atomic E-state index is 14.4. The van der Waals surface area contributed by atoms with Crippen molar-refractivity contribution in [3.05, 3.63) is 71.0 Å². The number of aromatic nitrogens is 4. The largest absolute Gasteiger partial charge is 0.573 e. The van der Waals surface area contributed by atoms with Gasteiger partial charge in [0.05, 0.1) is 12.6 Å². The number of carbonyl (C=O) groups excluding carboxylic acids is 2. The quantitative estimate of drug-likeness (QED) is 0.246. The molecule has 1 aromatic heterocycles. The fourth-order valence-electron chi connectivity index (χ4n) is 6.64. The maximum absolute atomic E-state index is 14.4. The summed E-state index contributed by atoms with van der Waals surface area (Å²) in [5.41, 5.74) is 1.38. The molecule has 2 N–H and O–H groups in total. The number of hydrogen-bond donors (Lipinski definition) is 2. The second-order valence-electron chi connectivity index (χ2n) is 12.7. The molecule has 2 amide bonds. The van der Waals surface area contributed by atoms with Crippen LogP contribution in [-0.4, -0.2) is 55.1 Å². The summed E-state index contributed by atoms with van der Waals surface area (Å²) in [5, 5.41) is 16.3. The summed E-state index contributed by atoms with van der Waals surface area (Å²) in [4.78, 5) is 34.2. The van der Waals surface area contributed by atoms with Gasteiger partial charge in [0.25, 0.3) is 11.8 Å². The van der Waals surface area contributed by atoms with E-state index in [2.05, 4.69) is 58.4 Å². The van der Waals surface area contributed by atoms with Crippen molar-refractivity contribution in [2.75, 3.05) is 0 Å². The van der Waals surface area contributed by atoms with Gasteiger partial charge >= 0.3 is 6.36 Å². The molecule has 1 atom stereocenters. The van der Waals surface area contributed by atoms with Crippen LogP contribution in [-0.2, 0) is 11.3 Å².